The number of nitrogens with zero attached hydrogens (tertiary/aromatic N) is 1. The van der Waals surface area contributed by atoms with Gasteiger partial charge in [-0.1, -0.05) is 54.1 Å². The first-order valence-corrected chi connectivity index (χ1v) is 15.6. The van der Waals surface area contributed by atoms with Crippen LogP contribution in [0.1, 0.15) is 22.0 Å². The van der Waals surface area contributed by atoms with Crippen molar-refractivity contribution in [1.82, 2.24) is 4.90 Å². The van der Waals surface area contributed by atoms with E-state index in [0.717, 1.165) is 37.2 Å². The quantitative estimate of drug-likeness (QED) is 0.236. The van der Waals surface area contributed by atoms with Gasteiger partial charge in [0.2, 0.25) is 0 Å². The van der Waals surface area contributed by atoms with E-state index in [4.69, 9.17) is 25.4 Å². The number of esters is 1. The van der Waals surface area contributed by atoms with Gasteiger partial charge in [0.15, 0.2) is 0 Å². The highest BCUT2D eigenvalue weighted by Crippen LogP contribution is 2.34. The zero-order chi connectivity index (χ0) is 28.4. The molecule has 4 aromatic rings. The highest BCUT2D eigenvalue weighted by Gasteiger charge is 2.32. The molecule has 0 saturated carbocycles. The number of methoxy groups -OCH3 is 1. The maximum atomic E-state index is 12.3. The number of fused-ring (bicyclic) bond motifs is 2. The van der Waals surface area contributed by atoms with Gasteiger partial charge in [-0.25, -0.2) is 4.79 Å². The van der Waals surface area contributed by atoms with E-state index in [2.05, 4.69) is 16.3 Å². The molecule has 3 aromatic carbocycles. The summed E-state index contributed by atoms with van der Waals surface area (Å²) in [4.78, 5) is 15.0. The monoisotopic (exact) mass is 609 g/mol. The minimum atomic E-state index is -4.47. The molecular formula is C26H24ClNO8S3. The lowest BCUT2D eigenvalue weighted by Gasteiger charge is -2.33. The summed E-state index contributed by atoms with van der Waals surface area (Å²) in [5, 5.41) is 2.76. The molecule has 5 rings (SSSR count). The Labute approximate surface area is 235 Å². The lowest BCUT2D eigenvalue weighted by atomic mass is 10.0. The molecule has 1 aromatic heterocycles. The summed E-state index contributed by atoms with van der Waals surface area (Å²) in [5.41, 5.74) is 2.11. The van der Waals surface area contributed by atoms with Gasteiger partial charge >= 0.3 is 5.97 Å². The molecule has 1 aliphatic heterocycles. The molecule has 2 heterocycles. The normalized spacial score (nSPS) is 14.7. The SMILES string of the molecule is COC(=O)[C@H](c1ccccc1Cl)N1CCc2sccc2C1.O=S(=O)(O)c1cccc2c(S(=O)(=O)O)cccc12. The van der Waals surface area contributed by atoms with Crippen molar-refractivity contribution in [2.24, 2.45) is 0 Å². The fraction of sp³-hybridized carbons (Fsp3) is 0.192. The number of hydrogen-bond acceptors (Lipinski definition) is 8. The van der Waals surface area contributed by atoms with Gasteiger partial charge in [-0.15, -0.1) is 11.3 Å². The fourth-order valence-electron chi connectivity index (χ4n) is 4.47. The van der Waals surface area contributed by atoms with Gasteiger partial charge in [-0.3, -0.25) is 14.0 Å². The summed E-state index contributed by atoms with van der Waals surface area (Å²) >= 11 is 8.07. The Hall–Kier alpha value is -2.84. The summed E-state index contributed by atoms with van der Waals surface area (Å²) in [5.74, 6) is -0.262. The van der Waals surface area contributed by atoms with Crippen LogP contribution in [0.3, 0.4) is 0 Å². The van der Waals surface area contributed by atoms with Crippen LogP contribution in [-0.2, 0) is 42.7 Å². The lowest BCUT2D eigenvalue weighted by molar-refractivity contribution is -0.147. The Morgan fingerprint density at radius 3 is 2.05 bits per heavy atom. The van der Waals surface area contributed by atoms with Crippen molar-refractivity contribution >= 4 is 59.9 Å². The molecule has 39 heavy (non-hydrogen) atoms. The van der Waals surface area contributed by atoms with Crippen molar-refractivity contribution in [1.29, 1.82) is 0 Å². The molecule has 206 valence electrons. The van der Waals surface area contributed by atoms with Crippen LogP contribution >= 0.6 is 22.9 Å². The van der Waals surface area contributed by atoms with E-state index in [9.17, 15) is 21.6 Å². The first-order chi connectivity index (χ1) is 18.4. The average molecular weight is 610 g/mol. The Kier molecular flexibility index (Phi) is 8.76. The van der Waals surface area contributed by atoms with E-state index in [0.29, 0.717) is 5.02 Å². The second-order valence-corrected chi connectivity index (χ2v) is 12.8. The molecule has 0 aliphatic carbocycles. The number of ether oxygens (including phenoxy) is 1. The molecule has 0 radical (unpaired) electrons. The van der Waals surface area contributed by atoms with Crippen LogP contribution in [0.15, 0.2) is 81.9 Å². The highest BCUT2D eigenvalue weighted by atomic mass is 35.5. The molecule has 1 atom stereocenters. The van der Waals surface area contributed by atoms with Gasteiger partial charge in [0.05, 0.1) is 7.11 Å². The van der Waals surface area contributed by atoms with Crippen molar-refractivity contribution in [3.05, 3.63) is 93.1 Å². The van der Waals surface area contributed by atoms with E-state index in [1.54, 1.807) is 11.3 Å². The van der Waals surface area contributed by atoms with Gasteiger partial charge < -0.3 is 4.74 Å². The van der Waals surface area contributed by atoms with Crippen molar-refractivity contribution in [2.75, 3.05) is 13.7 Å². The van der Waals surface area contributed by atoms with Gasteiger partial charge in [0.25, 0.3) is 20.2 Å². The Bertz CT molecular complexity index is 1660. The molecule has 1 aliphatic rings. The maximum absolute atomic E-state index is 12.3. The third kappa shape index (κ3) is 6.49. The Morgan fingerprint density at radius 1 is 0.923 bits per heavy atom. The summed E-state index contributed by atoms with van der Waals surface area (Å²) < 4.78 is 67.7. The van der Waals surface area contributed by atoms with Gasteiger partial charge in [0, 0.05) is 33.8 Å². The van der Waals surface area contributed by atoms with Crippen molar-refractivity contribution < 1.29 is 35.5 Å². The number of hydrogen-bond donors (Lipinski definition) is 2. The molecule has 0 fully saturated rings. The Morgan fingerprint density at radius 2 is 1.51 bits per heavy atom. The third-order valence-corrected chi connectivity index (χ3v) is 9.42. The number of benzene rings is 3. The van der Waals surface area contributed by atoms with Gasteiger partial charge in [0.1, 0.15) is 15.8 Å². The van der Waals surface area contributed by atoms with Gasteiger partial charge in [-0.2, -0.15) is 16.8 Å². The summed E-state index contributed by atoms with van der Waals surface area (Å²) in [7, 11) is -7.51. The summed E-state index contributed by atoms with van der Waals surface area (Å²) in [6, 6.07) is 16.7. The first kappa shape index (κ1) is 29.2. The van der Waals surface area contributed by atoms with Crippen LogP contribution in [0.2, 0.25) is 5.02 Å². The first-order valence-electron chi connectivity index (χ1n) is 11.5. The van der Waals surface area contributed by atoms with E-state index < -0.39 is 36.1 Å². The molecule has 0 spiro atoms. The summed E-state index contributed by atoms with van der Waals surface area (Å²) in [6.45, 7) is 1.59. The van der Waals surface area contributed by atoms with Crippen LogP contribution in [0.5, 0.6) is 0 Å². The predicted molar refractivity (Wildman–Crippen MR) is 148 cm³/mol. The molecule has 0 saturated heterocycles. The topological polar surface area (TPSA) is 138 Å². The van der Waals surface area contributed by atoms with E-state index >= 15 is 0 Å². The van der Waals surface area contributed by atoms with Gasteiger partial charge in [-0.05, 0) is 47.2 Å². The average Bonchev–Trinajstić information content (AvgIpc) is 3.36. The molecule has 2 N–H and O–H groups in total. The predicted octanol–water partition coefficient (Wildman–Crippen LogP) is 5.01. The maximum Gasteiger partial charge on any atom is 0.327 e. The standard InChI is InChI=1S/C16H16ClNO2S.C10H8O6S2/c1-20-16(19)15(12-4-2-3-5-13(12)17)18-8-6-14-11(10-18)7-9-21-14;11-17(12,13)9-5-1-3-7-8(9)4-2-6-10(7)18(14,15)16/h2-5,7,9,15H,6,8,10H2,1H3;1-6H,(H,11,12,13)(H,14,15,16)/t15-;/m0./s1. The van der Waals surface area contributed by atoms with Crippen molar-refractivity contribution in [2.45, 2.75) is 28.8 Å². The lowest BCUT2D eigenvalue weighted by Crippen LogP contribution is -2.38. The van der Waals surface area contributed by atoms with Crippen molar-refractivity contribution in [3.63, 3.8) is 0 Å². The molecule has 13 heteroatoms. The van der Waals surface area contributed by atoms with E-state index in [1.807, 2.05) is 24.3 Å². The summed E-state index contributed by atoms with van der Waals surface area (Å²) in [6.07, 6.45) is 0.963. The zero-order valence-corrected chi connectivity index (χ0v) is 23.7. The highest BCUT2D eigenvalue weighted by molar-refractivity contribution is 7.86. The molecular weight excluding hydrogens is 586 g/mol. The molecule has 9 nitrogen and oxygen atoms in total. The number of carbonyl (C=O) groups excluding carboxylic acids is 1. The van der Waals surface area contributed by atoms with E-state index in [-0.39, 0.29) is 16.7 Å². The number of rotatable bonds is 5. The zero-order valence-electron chi connectivity index (χ0n) is 20.5. The number of carbonyl (C=O) groups is 1. The molecule has 0 unspecified atom stereocenters. The largest absolute Gasteiger partial charge is 0.468 e. The van der Waals surface area contributed by atoms with Crippen LogP contribution in [0.4, 0.5) is 0 Å². The minimum absolute atomic E-state index is 0.0233. The van der Waals surface area contributed by atoms with Crippen molar-refractivity contribution in [3.8, 4) is 0 Å². The van der Waals surface area contributed by atoms with Crippen LogP contribution in [-0.4, -0.2) is 50.5 Å². The van der Waals surface area contributed by atoms with E-state index in [1.165, 1.54) is 41.8 Å². The van der Waals surface area contributed by atoms with Crippen LogP contribution in [0, 0.1) is 0 Å². The van der Waals surface area contributed by atoms with Crippen LogP contribution < -0.4 is 0 Å². The fourth-order valence-corrected chi connectivity index (χ4v) is 7.02. The third-order valence-electron chi connectivity index (χ3n) is 6.22. The minimum Gasteiger partial charge on any atom is -0.468 e. The Balaban J connectivity index is 0.000000183. The molecule has 0 amide bonds. The second-order valence-electron chi connectivity index (χ2n) is 8.59. The smallest absolute Gasteiger partial charge is 0.327 e. The number of halogens is 1. The molecule has 0 bridgehead atoms. The number of thiophene rings is 1. The van der Waals surface area contributed by atoms with Crippen LogP contribution in [0.25, 0.3) is 10.8 Å². The second kappa shape index (κ2) is 11.7.